The first kappa shape index (κ1) is 29.4. The molecule has 0 spiro atoms. The summed E-state index contributed by atoms with van der Waals surface area (Å²) >= 11 is 0. The molecule has 1 fully saturated rings. The number of anilines is 3. The van der Waals surface area contributed by atoms with Crippen LogP contribution in [0.15, 0.2) is 36.4 Å². The van der Waals surface area contributed by atoms with Crippen molar-refractivity contribution in [2.75, 3.05) is 68.4 Å². The van der Waals surface area contributed by atoms with E-state index in [1.165, 1.54) is 11.8 Å². The first-order chi connectivity index (χ1) is 16.5. The van der Waals surface area contributed by atoms with Gasteiger partial charge < -0.3 is 26.1 Å². The third kappa shape index (κ3) is 11.5. The summed E-state index contributed by atoms with van der Waals surface area (Å²) in [5.41, 5.74) is 9.33. The summed E-state index contributed by atoms with van der Waals surface area (Å²) in [7, 11) is 0. The molecule has 7 nitrogen and oxygen atoms in total. The number of ether oxygens (including phenoxy) is 1. The Kier molecular flexibility index (Phi) is 15.4. The van der Waals surface area contributed by atoms with Gasteiger partial charge in [0.1, 0.15) is 11.6 Å². The van der Waals surface area contributed by atoms with Gasteiger partial charge in [0.05, 0.1) is 13.2 Å². The van der Waals surface area contributed by atoms with E-state index >= 15 is 0 Å². The van der Waals surface area contributed by atoms with Crippen molar-refractivity contribution in [3.63, 3.8) is 0 Å². The zero-order valence-electron chi connectivity index (χ0n) is 21.9. The van der Waals surface area contributed by atoms with E-state index in [-0.39, 0.29) is 0 Å². The molecule has 0 radical (unpaired) electrons. The number of benzene rings is 1. The van der Waals surface area contributed by atoms with Gasteiger partial charge in [-0.1, -0.05) is 57.5 Å². The van der Waals surface area contributed by atoms with E-state index in [1.54, 1.807) is 0 Å². The molecule has 2 aromatic rings. The third-order valence-corrected chi connectivity index (χ3v) is 5.23. The Morgan fingerprint density at radius 2 is 1.79 bits per heavy atom. The lowest BCUT2D eigenvalue weighted by Crippen LogP contribution is -2.39. The fraction of sp³-hybridized carbons (Fsp3) is 0.556. The lowest BCUT2D eigenvalue weighted by Gasteiger charge is -2.27. The zero-order valence-corrected chi connectivity index (χ0v) is 21.9. The van der Waals surface area contributed by atoms with Crippen LogP contribution >= 0.6 is 0 Å². The summed E-state index contributed by atoms with van der Waals surface area (Å²) in [5.74, 6) is 1.44. The molecule has 7 heteroatoms. The molecule has 1 aromatic carbocycles. The normalized spacial score (nSPS) is 13.1. The van der Waals surface area contributed by atoms with Crippen LogP contribution in [0, 0.1) is 12.3 Å². The second-order valence-corrected chi connectivity index (χ2v) is 8.06. The summed E-state index contributed by atoms with van der Waals surface area (Å²) in [5, 5.41) is 10.3. The van der Waals surface area contributed by atoms with Gasteiger partial charge in [-0.05, 0) is 25.3 Å². The van der Waals surface area contributed by atoms with Crippen molar-refractivity contribution in [1.82, 2.24) is 9.88 Å². The van der Waals surface area contributed by atoms with Gasteiger partial charge in [0.2, 0.25) is 0 Å². The van der Waals surface area contributed by atoms with Gasteiger partial charge in [-0.25, -0.2) is 4.98 Å². The van der Waals surface area contributed by atoms with Crippen LogP contribution in [0.4, 0.5) is 17.3 Å². The van der Waals surface area contributed by atoms with E-state index in [4.69, 9.17) is 15.9 Å². The zero-order chi connectivity index (χ0) is 25.2. The van der Waals surface area contributed by atoms with Crippen LogP contribution in [0.25, 0.3) is 0 Å². The second kappa shape index (κ2) is 17.8. The molecular formula is C27H46N6O. The van der Waals surface area contributed by atoms with Crippen molar-refractivity contribution in [1.29, 1.82) is 5.41 Å². The molecule has 0 saturated carbocycles. The van der Waals surface area contributed by atoms with E-state index in [9.17, 15) is 0 Å². The topological polar surface area (TPSA) is 90.5 Å². The van der Waals surface area contributed by atoms with Crippen molar-refractivity contribution in [3.8, 4) is 0 Å². The summed E-state index contributed by atoms with van der Waals surface area (Å²) in [6.07, 6.45) is 3.61. The minimum atomic E-state index is 0.577. The number of nitrogens with one attached hydrogen (secondary N) is 2. The van der Waals surface area contributed by atoms with Gasteiger partial charge in [-0.3, -0.25) is 4.90 Å². The molecule has 3 rings (SSSR count). The number of morpholine rings is 1. The Hall–Kier alpha value is -2.64. The number of hydrogen-bond donors (Lipinski definition) is 3. The van der Waals surface area contributed by atoms with Crippen molar-refractivity contribution < 1.29 is 4.74 Å². The van der Waals surface area contributed by atoms with Gasteiger partial charge >= 0.3 is 0 Å². The number of pyridine rings is 1. The highest BCUT2D eigenvalue weighted by Gasteiger charge is 2.11. The summed E-state index contributed by atoms with van der Waals surface area (Å²) < 4.78 is 5.37. The fourth-order valence-electron chi connectivity index (χ4n) is 3.65. The number of aryl methyl sites for hydroxylation is 1. The first-order valence-corrected chi connectivity index (χ1v) is 12.7. The molecule has 4 N–H and O–H groups in total. The molecule has 1 aromatic heterocycles. The maximum absolute atomic E-state index is 6.92. The molecule has 1 aliphatic rings. The second-order valence-electron chi connectivity index (χ2n) is 8.06. The maximum atomic E-state index is 6.92. The standard InChI is InChI=1S/C17H31N5O.C8H9N.C2H6/c1-3-6-22(7-4-2)15-13-16(18)20-17(14-15)19-5-8-21-9-11-23-12-10-21;1-7-3-2-4-8(5-7)6-9;1-2/h13-14H,3-12H2,1-2H3,(H3,18,19,20);2-6,9H,1H3;1-2H3. The summed E-state index contributed by atoms with van der Waals surface area (Å²) in [4.78, 5) is 9.20. The molecular weight excluding hydrogens is 424 g/mol. The van der Waals surface area contributed by atoms with Gasteiger partial charge in [-0.2, -0.15) is 0 Å². The van der Waals surface area contributed by atoms with Crippen LogP contribution in [0.2, 0.25) is 0 Å². The number of rotatable bonds is 10. The van der Waals surface area contributed by atoms with Crippen molar-refractivity contribution in [3.05, 3.63) is 47.5 Å². The maximum Gasteiger partial charge on any atom is 0.130 e. The van der Waals surface area contributed by atoms with E-state index < -0.39 is 0 Å². The highest BCUT2D eigenvalue weighted by atomic mass is 16.5. The van der Waals surface area contributed by atoms with E-state index in [1.807, 2.05) is 51.1 Å². The number of hydrogen-bond acceptors (Lipinski definition) is 7. The van der Waals surface area contributed by atoms with E-state index in [2.05, 4.69) is 40.0 Å². The van der Waals surface area contributed by atoms with Crippen LogP contribution < -0.4 is 16.0 Å². The largest absolute Gasteiger partial charge is 0.384 e. The summed E-state index contributed by atoms with van der Waals surface area (Å²) in [6.45, 7) is 18.1. The molecule has 0 bridgehead atoms. The Bertz CT molecular complexity index is 801. The van der Waals surface area contributed by atoms with Crippen LogP contribution in [0.5, 0.6) is 0 Å². The van der Waals surface area contributed by atoms with Crippen molar-refractivity contribution in [2.24, 2.45) is 0 Å². The Morgan fingerprint density at radius 1 is 1.12 bits per heavy atom. The monoisotopic (exact) mass is 470 g/mol. The van der Waals surface area contributed by atoms with Gasteiger partial charge in [-0.15, -0.1) is 0 Å². The molecule has 190 valence electrons. The highest BCUT2D eigenvalue weighted by molar-refractivity contribution is 5.76. The van der Waals surface area contributed by atoms with Crippen LogP contribution in [-0.2, 0) is 4.74 Å². The number of aromatic nitrogens is 1. The molecule has 34 heavy (non-hydrogen) atoms. The molecule has 1 aliphatic heterocycles. The molecule has 0 aliphatic carbocycles. The minimum absolute atomic E-state index is 0.577. The average molecular weight is 471 g/mol. The lowest BCUT2D eigenvalue weighted by atomic mass is 10.2. The number of nitrogens with two attached hydrogens (primary N) is 1. The van der Waals surface area contributed by atoms with Gasteiger partial charge in [0.25, 0.3) is 0 Å². The molecule has 0 atom stereocenters. The molecule has 2 heterocycles. The third-order valence-electron chi connectivity index (χ3n) is 5.23. The van der Waals surface area contributed by atoms with Crippen LogP contribution in [-0.4, -0.2) is 68.6 Å². The predicted molar refractivity (Wildman–Crippen MR) is 148 cm³/mol. The Labute approximate surface area is 207 Å². The smallest absolute Gasteiger partial charge is 0.130 e. The van der Waals surface area contributed by atoms with E-state index in [0.717, 1.165) is 82.4 Å². The Morgan fingerprint density at radius 3 is 2.35 bits per heavy atom. The Balaban J connectivity index is 0.000000437. The average Bonchev–Trinajstić information content (AvgIpc) is 2.86. The SMILES string of the molecule is CC.CCCN(CCC)c1cc(N)nc(NCCN2CCOCC2)c1.Cc1cccc(C=N)c1. The number of nitrogens with zero attached hydrogens (tertiary/aromatic N) is 3. The van der Waals surface area contributed by atoms with Crippen LogP contribution in [0.1, 0.15) is 51.7 Å². The molecule has 0 unspecified atom stereocenters. The molecule has 0 amide bonds. The predicted octanol–water partition coefficient (Wildman–Crippen LogP) is 5.05. The van der Waals surface area contributed by atoms with Gasteiger partial charge in [0, 0.05) is 63.3 Å². The highest BCUT2D eigenvalue weighted by Crippen LogP contribution is 2.21. The van der Waals surface area contributed by atoms with E-state index in [0.29, 0.717) is 5.82 Å². The lowest BCUT2D eigenvalue weighted by molar-refractivity contribution is 0.0398. The minimum Gasteiger partial charge on any atom is -0.384 e. The van der Waals surface area contributed by atoms with Crippen molar-refractivity contribution in [2.45, 2.75) is 47.5 Å². The quantitative estimate of drug-likeness (QED) is 0.421. The first-order valence-electron chi connectivity index (χ1n) is 12.7. The number of nitrogen functional groups attached to an aromatic ring is 1. The fourth-order valence-corrected chi connectivity index (χ4v) is 3.65. The van der Waals surface area contributed by atoms with Crippen molar-refractivity contribution >= 4 is 23.5 Å². The molecule has 1 saturated heterocycles. The summed E-state index contributed by atoms with van der Waals surface area (Å²) in [6, 6.07) is 12.0. The van der Waals surface area contributed by atoms with Crippen LogP contribution in [0.3, 0.4) is 0 Å². The van der Waals surface area contributed by atoms with Gasteiger partial charge in [0.15, 0.2) is 0 Å².